The lowest BCUT2D eigenvalue weighted by molar-refractivity contribution is -0.138. The molecular weight excluding hydrogens is 380 g/mol. The van der Waals surface area contributed by atoms with Gasteiger partial charge in [-0.25, -0.2) is 4.79 Å². The molecule has 3 saturated heterocycles. The zero-order valence-corrected chi connectivity index (χ0v) is 18.0. The van der Waals surface area contributed by atoms with Crippen LogP contribution in [0.25, 0.3) is 0 Å². The van der Waals surface area contributed by atoms with Gasteiger partial charge in [-0.1, -0.05) is 36.8 Å². The van der Waals surface area contributed by atoms with Crippen LogP contribution in [-0.2, 0) is 16.0 Å². The van der Waals surface area contributed by atoms with Crippen molar-refractivity contribution in [1.29, 1.82) is 0 Å². The summed E-state index contributed by atoms with van der Waals surface area (Å²) in [6, 6.07) is 7.45. The van der Waals surface area contributed by atoms with Gasteiger partial charge in [-0.15, -0.1) is 0 Å². The van der Waals surface area contributed by atoms with E-state index in [-0.39, 0.29) is 23.9 Å². The Balaban J connectivity index is 1.42. The van der Waals surface area contributed by atoms with Crippen LogP contribution in [0, 0.1) is 6.92 Å². The fourth-order valence-corrected chi connectivity index (χ4v) is 5.06. The second-order valence-electron chi connectivity index (χ2n) is 8.92. The van der Waals surface area contributed by atoms with Crippen molar-refractivity contribution in [1.82, 2.24) is 20.0 Å². The molecule has 1 atom stereocenters. The van der Waals surface area contributed by atoms with Crippen molar-refractivity contribution in [3.63, 3.8) is 0 Å². The van der Waals surface area contributed by atoms with Gasteiger partial charge in [-0.3, -0.25) is 14.5 Å². The Hall–Kier alpha value is -2.41. The quantitative estimate of drug-likeness (QED) is 0.767. The number of aryl methyl sites for hydroxylation is 1. The van der Waals surface area contributed by atoms with Gasteiger partial charge in [-0.2, -0.15) is 0 Å². The van der Waals surface area contributed by atoms with Crippen LogP contribution in [0.4, 0.5) is 4.79 Å². The number of imide groups is 1. The zero-order chi connectivity index (χ0) is 21.3. The Kier molecular flexibility index (Phi) is 5.82. The lowest BCUT2D eigenvalue weighted by Crippen LogP contribution is -2.56. The number of hydrogen-bond acceptors (Lipinski definition) is 4. The number of carbonyl (C=O) groups is 3. The van der Waals surface area contributed by atoms with Gasteiger partial charge >= 0.3 is 6.03 Å². The number of urea groups is 1. The standard InChI is InChI=1S/C23H32N4O3/c1-3-25-12-9-23(10-13-25)21(29)27(22(30)24-23)19-8-5-11-26(16-19)20(28)15-18-7-4-6-17(2)14-18/h4,6-7,14,19H,3,5,8-13,15-16H2,1-2H3,(H,24,30)/t19-/m1/s1. The summed E-state index contributed by atoms with van der Waals surface area (Å²) in [5.74, 6) is -0.0374. The van der Waals surface area contributed by atoms with Crippen molar-refractivity contribution in [2.45, 2.75) is 57.5 Å². The first kappa shape index (κ1) is 20.8. The lowest BCUT2D eigenvalue weighted by Gasteiger charge is -2.39. The number of hydrogen-bond donors (Lipinski definition) is 1. The van der Waals surface area contributed by atoms with Crippen LogP contribution in [0.15, 0.2) is 24.3 Å². The highest BCUT2D eigenvalue weighted by atomic mass is 16.2. The molecule has 30 heavy (non-hydrogen) atoms. The molecule has 1 aromatic carbocycles. The lowest BCUT2D eigenvalue weighted by atomic mass is 9.87. The Morgan fingerprint density at radius 2 is 1.97 bits per heavy atom. The first-order valence-corrected chi connectivity index (χ1v) is 11.1. The van der Waals surface area contributed by atoms with Crippen molar-refractivity contribution < 1.29 is 14.4 Å². The van der Waals surface area contributed by atoms with E-state index in [9.17, 15) is 14.4 Å². The van der Waals surface area contributed by atoms with Gasteiger partial charge in [0.15, 0.2) is 0 Å². The van der Waals surface area contributed by atoms with Crippen LogP contribution in [0.1, 0.15) is 43.7 Å². The largest absolute Gasteiger partial charge is 0.340 e. The summed E-state index contributed by atoms with van der Waals surface area (Å²) in [5.41, 5.74) is 1.38. The van der Waals surface area contributed by atoms with Gasteiger partial charge in [0, 0.05) is 26.2 Å². The molecule has 0 aliphatic carbocycles. The summed E-state index contributed by atoms with van der Waals surface area (Å²) in [6.07, 6.45) is 3.23. The summed E-state index contributed by atoms with van der Waals surface area (Å²) < 4.78 is 0. The van der Waals surface area contributed by atoms with Crippen LogP contribution in [0.3, 0.4) is 0 Å². The van der Waals surface area contributed by atoms with Crippen LogP contribution in [0.5, 0.6) is 0 Å². The van der Waals surface area contributed by atoms with Crippen molar-refractivity contribution in [2.24, 2.45) is 0 Å². The van der Waals surface area contributed by atoms with E-state index in [0.717, 1.165) is 43.6 Å². The van der Waals surface area contributed by atoms with E-state index in [2.05, 4.69) is 17.1 Å². The van der Waals surface area contributed by atoms with Crippen LogP contribution >= 0.6 is 0 Å². The number of nitrogens with zero attached hydrogens (tertiary/aromatic N) is 3. The van der Waals surface area contributed by atoms with Crippen molar-refractivity contribution >= 4 is 17.8 Å². The maximum absolute atomic E-state index is 13.3. The van der Waals surface area contributed by atoms with Crippen molar-refractivity contribution in [2.75, 3.05) is 32.7 Å². The molecule has 0 saturated carbocycles. The number of likely N-dealkylation sites (tertiary alicyclic amines) is 2. The molecule has 1 aromatic rings. The molecule has 0 unspecified atom stereocenters. The topological polar surface area (TPSA) is 73.0 Å². The smallest absolute Gasteiger partial charge is 0.325 e. The van der Waals surface area contributed by atoms with Gasteiger partial charge in [0.2, 0.25) is 5.91 Å². The van der Waals surface area contributed by atoms with E-state index in [4.69, 9.17) is 0 Å². The van der Waals surface area contributed by atoms with E-state index in [1.54, 1.807) is 0 Å². The fourth-order valence-electron chi connectivity index (χ4n) is 5.06. The molecule has 1 spiro atoms. The first-order valence-electron chi connectivity index (χ1n) is 11.1. The average Bonchev–Trinajstić information content (AvgIpc) is 2.98. The summed E-state index contributed by atoms with van der Waals surface area (Å²) >= 11 is 0. The van der Waals surface area contributed by atoms with Crippen molar-refractivity contribution in [3.05, 3.63) is 35.4 Å². The number of amides is 4. The number of benzene rings is 1. The molecule has 3 fully saturated rings. The average molecular weight is 413 g/mol. The number of piperidine rings is 2. The maximum Gasteiger partial charge on any atom is 0.325 e. The maximum atomic E-state index is 13.3. The molecule has 3 aliphatic heterocycles. The molecule has 1 N–H and O–H groups in total. The van der Waals surface area contributed by atoms with Crippen molar-refractivity contribution in [3.8, 4) is 0 Å². The van der Waals surface area contributed by atoms with E-state index in [1.807, 2.05) is 36.1 Å². The van der Waals surface area contributed by atoms with Gasteiger partial charge < -0.3 is 15.1 Å². The Morgan fingerprint density at radius 1 is 1.20 bits per heavy atom. The van der Waals surface area contributed by atoms with Gasteiger partial charge in [0.25, 0.3) is 5.91 Å². The highest BCUT2D eigenvalue weighted by Gasteiger charge is 2.54. The summed E-state index contributed by atoms with van der Waals surface area (Å²) in [4.78, 5) is 44.5. The first-order chi connectivity index (χ1) is 14.4. The minimum Gasteiger partial charge on any atom is -0.340 e. The van der Waals surface area contributed by atoms with Gasteiger partial charge in [-0.05, 0) is 44.7 Å². The summed E-state index contributed by atoms with van der Waals surface area (Å²) in [7, 11) is 0. The molecule has 4 rings (SSSR count). The SMILES string of the molecule is CCN1CCC2(CC1)NC(=O)N([C@@H]1CCCN(C(=O)Cc3cccc(C)c3)C1)C2=O. The molecule has 3 aliphatic rings. The van der Waals surface area contributed by atoms with Crippen LogP contribution in [0.2, 0.25) is 0 Å². The number of nitrogens with one attached hydrogen (secondary N) is 1. The third-order valence-corrected chi connectivity index (χ3v) is 6.90. The van der Waals surface area contributed by atoms with Crippen LogP contribution in [-0.4, -0.2) is 76.8 Å². The normalized spacial score (nSPS) is 24.4. The second-order valence-corrected chi connectivity index (χ2v) is 8.92. The van der Waals surface area contributed by atoms with Gasteiger partial charge in [0.05, 0.1) is 12.5 Å². The van der Waals surface area contributed by atoms with E-state index >= 15 is 0 Å². The predicted molar refractivity (Wildman–Crippen MR) is 114 cm³/mol. The minimum atomic E-state index is -0.753. The number of rotatable bonds is 4. The Labute approximate surface area is 178 Å². The highest BCUT2D eigenvalue weighted by Crippen LogP contribution is 2.32. The molecule has 7 heteroatoms. The number of carbonyl (C=O) groups excluding carboxylic acids is 3. The third-order valence-electron chi connectivity index (χ3n) is 6.90. The fraction of sp³-hybridized carbons (Fsp3) is 0.609. The highest BCUT2D eigenvalue weighted by molar-refractivity contribution is 6.07. The molecule has 7 nitrogen and oxygen atoms in total. The minimum absolute atomic E-state index is 0.0586. The monoisotopic (exact) mass is 412 g/mol. The molecule has 0 bridgehead atoms. The summed E-state index contributed by atoms with van der Waals surface area (Å²) in [6.45, 7) is 7.85. The van der Waals surface area contributed by atoms with E-state index < -0.39 is 5.54 Å². The zero-order valence-electron chi connectivity index (χ0n) is 18.0. The van der Waals surface area contributed by atoms with E-state index in [0.29, 0.717) is 32.4 Å². The molecule has 0 aromatic heterocycles. The van der Waals surface area contributed by atoms with Crippen LogP contribution < -0.4 is 5.32 Å². The summed E-state index contributed by atoms with van der Waals surface area (Å²) in [5, 5.41) is 3.01. The van der Waals surface area contributed by atoms with Gasteiger partial charge in [0.1, 0.15) is 5.54 Å². The molecule has 4 amide bonds. The Bertz CT molecular complexity index is 831. The molecule has 3 heterocycles. The molecular formula is C23H32N4O3. The second kappa shape index (κ2) is 8.38. The molecule has 162 valence electrons. The predicted octanol–water partition coefficient (Wildman–Crippen LogP) is 1.93. The Morgan fingerprint density at radius 3 is 2.67 bits per heavy atom. The third kappa shape index (κ3) is 3.95. The van der Waals surface area contributed by atoms with E-state index in [1.165, 1.54) is 4.90 Å². The molecule has 0 radical (unpaired) electrons.